The van der Waals surface area contributed by atoms with Crippen LogP contribution in [-0.4, -0.2) is 12.1 Å². The van der Waals surface area contributed by atoms with Crippen molar-refractivity contribution in [3.05, 3.63) is 12.2 Å². The van der Waals surface area contributed by atoms with Gasteiger partial charge in [-0.1, -0.05) is 12.2 Å². The van der Waals surface area contributed by atoms with Gasteiger partial charge in [0.05, 0.1) is 5.92 Å². The molecule has 0 heterocycles. The number of carbonyl (C=O) groups excluding carboxylic acids is 2. The molecule has 1 rings (SSSR count). The quantitative estimate of drug-likeness (QED) is 0.340. The average molecular weight is 152 g/mol. The van der Waals surface area contributed by atoms with Gasteiger partial charge in [-0.25, -0.2) is 0 Å². The number of hydrogen-bond donors (Lipinski definition) is 0. The van der Waals surface area contributed by atoms with Crippen LogP contribution in [0.5, 0.6) is 0 Å². The molecule has 0 aromatic rings. The van der Waals surface area contributed by atoms with Crippen LogP contribution in [0.3, 0.4) is 0 Å². The summed E-state index contributed by atoms with van der Waals surface area (Å²) in [6.07, 6.45) is 2.27. The smallest absolute Gasteiger partial charge is 0.150 e. The number of carbonyl (C=O) groups is 2. The zero-order chi connectivity index (χ0) is 8.43. The van der Waals surface area contributed by atoms with E-state index in [2.05, 4.69) is 6.58 Å². The number of rotatable bonds is 2. The van der Waals surface area contributed by atoms with E-state index in [1.54, 1.807) is 0 Å². The molecule has 1 fully saturated rings. The highest BCUT2D eigenvalue weighted by molar-refractivity contribution is 5.97. The molecular weight excluding hydrogens is 140 g/mol. The van der Waals surface area contributed by atoms with Gasteiger partial charge in [-0.2, -0.15) is 0 Å². The molecule has 60 valence electrons. The number of allylic oxidation sites excluding steroid dienone is 1. The predicted octanol–water partition coefficient (Wildman–Crippen LogP) is 1.36. The molecule has 0 saturated heterocycles. The summed E-state index contributed by atoms with van der Waals surface area (Å²) in [5, 5.41) is 0. The van der Waals surface area contributed by atoms with E-state index in [1.165, 1.54) is 0 Å². The molecule has 1 aliphatic carbocycles. The second-order valence-corrected chi connectivity index (χ2v) is 3.12. The average Bonchev–Trinajstić information content (AvgIpc) is 2.30. The number of Topliss-reactive ketones (excluding diaryl/α,β-unsaturated/α-hetero) is 1. The van der Waals surface area contributed by atoms with Gasteiger partial charge in [-0.15, -0.1) is 0 Å². The maximum Gasteiger partial charge on any atom is 0.150 e. The molecule has 0 aromatic carbocycles. The zero-order valence-electron chi connectivity index (χ0n) is 6.67. The second-order valence-electron chi connectivity index (χ2n) is 3.12. The van der Waals surface area contributed by atoms with Crippen molar-refractivity contribution in [3.8, 4) is 0 Å². The molecule has 1 saturated carbocycles. The Hall–Kier alpha value is -0.920. The van der Waals surface area contributed by atoms with E-state index < -0.39 is 0 Å². The Bertz CT molecular complexity index is 206. The third-order valence-electron chi connectivity index (χ3n) is 2.23. The number of hydrogen-bond acceptors (Lipinski definition) is 2. The highest BCUT2D eigenvalue weighted by atomic mass is 16.1. The fourth-order valence-corrected chi connectivity index (χ4v) is 1.51. The summed E-state index contributed by atoms with van der Waals surface area (Å²) in [6.45, 7) is 5.56. The van der Waals surface area contributed by atoms with Crippen molar-refractivity contribution in [2.75, 3.05) is 0 Å². The highest BCUT2D eigenvalue weighted by Gasteiger charge is 2.33. The summed E-state index contributed by atoms with van der Waals surface area (Å²) in [5.74, 6) is -0.339. The molecule has 0 radical (unpaired) electrons. The SMILES string of the molecule is C=C(C)C1CCC(C=O)C1=O. The topological polar surface area (TPSA) is 34.1 Å². The summed E-state index contributed by atoms with van der Waals surface area (Å²) >= 11 is 0. The summed E-state index contributed by atoms with van der Waals surface area (Å²) in [7, 11) is 0. The van der Waals surface area contributed by atoms with E-state index in [0.29, 0.717) is 6.42 Å². The summed E-state index contributed by atoms with van der Waals surface area (Å²) < 4.78 is 0. The van der Waals surface area contributed by atoms with E-state index in [-0.39, 0.29) is 17.6 Å². The lowest BCUT2D eigenvalue weighted by atomic mass is 9.98. The van der Waals surface area contributed by atoms with Crippen LogP contribution in [0.4, 0.5) is 0 Å². The Balaban J connectivity index is 2.70. The van der Waals surface area contributed by atoms with Gasteiger partial charge >= 0.3 is 0 Å². The minimum atomic E-state index is -0.350. The Morgan fingerprint density at radius 1 is 1.64 bits per heavy atom. The third kappa shape index (κ3) is 1.39. The van der Waals surface area contributed by atoms with E-state index in [1.807, 2.05) is 6.92 Å². The van der Waals surface area contributed by atoms with Crippen molar-refractivity contribution in [1.29, 1.82) is 0 Å². The van der Waals surface area contributed by atoms with Crippen LogP contribution in [0.25, 0.3) is 0 Å². The summed E-state index contributed by atoms with van der Waals surface area (Å²) in [4.78, 5) is 21.6. The van der Waals surface area contributed by atoms with Crippen LogP contribution in [0.2, 0.25) is 0 Å². The van der Waals surface area contributed by atoms with Gasteiger partial charge in [-0.3, -0.25) is 4.79 Å². The Morgan fingerprint density at radius 3 is 2.55 bits per heavy atom. The third-order valence-corrected chi connectivity index (χ3v) is 2.23. The van der Waals surface area contributed by atoms with Gasteiger partial charge in [0.15, 0.2) is 0 Å². The van der Waals surface area contributed by atoms with Crippen molar-refractivity contribution in [3.63, 3.8) is 0 Å². The fourth-order valence-electron chi connectivity index (χ4n) is 1.51. The zero-order valence-corrected chi connectivity index (χ0v) is 6.67. The first-order valence-corrected chi connectivity index (χ1v) is 3.81. The normalized spacial score (nSPS) is 30.5. The molecule has 0 aliphatic heterocycles. The largest absolute Gasteiger partial charge is 0.303 e. The molecule has 2 unspecified atom stereocenters. The molecular formula is C9H12O2. The highest BCUT2D eigenvalue weighted by Crippen LogP contribution is 2.30. The lowest BCUT2D eigenvalue weighted by molar-refractivity contribution is -0.126. The molecule has 1 aliphatic rings. The summed E-state index contributed by atoms with van der Waals surface area (Å²) in [5.41, 5.74) is 0.888. The van der Waals surface area contributed by atoms with E-state index >= 15 is 0 Å². The fraction of sp³-hybridized carbons (Fsp3) is 0.556. The summed E-state index contributed by atoms with van der Waals surface area (Å²) in [6, 6.07) is 0. The maximum absolute atomic E-state index is 11.3. The Morgan fingerprint density at radius 2 is 2.27 bits per heavy atom. The molecule has 0 spiro atoms. The maximum atomic E-state index is 11.3. The van der Waals surface area contributed by atoms with Crippen LogP contribution in [0.15, 0.2) is 12.2 Å². The van der Waals surface area contributed by atoms with Gasteiger partial charge in [0.25, 0.3) is 0 Å². The van der Waals surface area contributed by atoms with Crippen LogP contribution < -0.4 is 0 Å². The van der Waals surface area contributed by atoms with Gasteiger partial charge in [0, 0.05) is 5.92 Å². The van der Waals surface area contributed by atoms with E-state index in [9.17, 15) is 9.59 Å². The second kappa shape index (κ2) is 2.99. The lowest BCUT2D eigenvalue weighted by Crippen LogP contribution is -2.15. The molecule has 2 heteroatoms. The van der Waals surface area contributed by atoms with Gasteiger partial charge in [0.2, 0.25) is 0 Å². The number of ketones is 1. The molecule has 11 heavy (non-hydrogen) atoms. The molecule has 0 bridgehead atoms. The van der Waals surface area contributed by atoms with Crippen LogP contribution in [0, 0.1) is 11.8 Å². The minimum absolute atomic E-state index is 0.0507. The van der Waals surface area contributed by atoms with Crippen LogP contribution >= 0.6 is 0 Å². The van der Waals surface area contributed by atoms with Crippen molar-refractivity contribution in [2.24, 2.45) is 11.8 Å². The minimum Gasteiger partial charge on any atom is -0.303 e. The molecule has 0 amide bonds. The van der Waals surface area contributed by atoms with E-state index in [4.69, 9.17) is 0 Å². The Kier molecular flexibility index (Phi) is 2.22. The molecule has 2 nitrogen and oxygen atoms in total. The predicted molar refractivity (Wildman–Crippen MR) is 42.1 cm³/mol. The van der Waals surface area contributed by atoms with Crippen molar-refractivity contribution in [1.82, 2.24) is 0 Å². The van der Waals surface area contributed by atoms with Crippen LogP contribution in [0.1, 0.15) is 19.8 Å². The van der Waals surface area contributed by atoms with Crippen molar-refractivity contribution >= 4 is 12.1 Å². The van der Waals surface area contributed by atoms with Crippen molar-refractivity contribution < 1.29 is 9.59 Å². The Labute approximate surface area is 66.3 Å². The molecule has 0 aromatic heterocycles. The standard InChI is InChI=1S/C9H12O2/c1-6(2)8-4-3-7(5-10)9(8)11/h5,7-8H,1,3-4H2,2H3. The van der Waals surface area contributed by atoms with Gasteiger partial charge in [-0.05, 0) is 19.8 Å². The molecule has 0 N–H and O–H groups in total. The van der Waals surface area contributed by atoms with Crippen LogP contribution in [-0.2, 0) is 9.59 Å². The number of aldehydes is 1. The van der Waals surface area contributed by atoms with Crippen molar-refractivity contribution in [2.45, 2.75) is 19.8 Å². The monoisotopic (exact) mass is 152 g/mol. The first-order valence-electron chi connectivity index (χ1n) is 3.81. The van der Waals surface area contributed by atoms with E-state index in [0.717, 1.165) is 18.3 Å². The van der Waals surface area contributed by atoms with Gasteiger partial charge in [0.1, 0.15) is 12.1 Å². The lowest BCUT2D eigenvalue weighted by Gasteiger charge is -2.05. The van der Waals surface area contributed by atoms with Gasteiger partial charge < -0.3 is 4.79 Å². The molecule has 2 atom stereocenters. The first kappa shape index (κ1) is 8.18. The first-order chi connectivity index (χ1) is 5.16.